The van der Waals surface area contributed by atoms with Crippen molar-refractivity contribution >= 4 is 0 Å². The number of unbranched alkanes of at least 4 members (excludes halogenated alkanes) is 3. The van der Waals surface area contributed by atoms with E-state index in [1.807, 2.05) is 0 Å². The van der Waals surface area contributed by atoms with Gasteiger partial charge in [-0.25, -0.2) is 0 Å². The Morgan fingerprint density at radius 1 is 1.17 bits per heavy atom. The average Bonchev–Trinajstić information content (AvgIpc) is 2.77. The Balaban J connectivity index is 1.77. The van der Waals surface area contributed by atoms with E-state index in [2.05, 4.69) is 12.2 Å². The van der Waals surface area contributed by atoms with Crippen molar-refractivity contribution in [1.29, 1.82) is 0 Å². The van der Waals surface area contributed by atoms with Gasteiger partial charge in [-0.2, -0.15) is 0 Å². The van der Waals surface area contributed by atoms with Crippen molar-refractivity contribution in [2.45, 2.75) is 51.0 Å². The molecule has 0 heterocycles. The molecule has 0 saturated heterocycles. The fraction of sp³-hybridized carbons (Fsp3) is 1.00. The van der Waals surface area contributed by atoms with Crippen LogP contribution in [-0.4, -0.2) is 18.6 Å². The molecule has 0 bridgehead atoms. The SMILES string of the molecule is CC1(NCCCCCCN)CC1. The zero-order valence-corrected chi connectivity index (χ0v) is 8.23. The van der Waals surface area contributed by atoms with Gasteiger partial charge in [0.15, 0.2) is 0 Å². The Morgan fingerprint density at radius 2 is 1.83 bits per heavy atom. The molecule has 1 rings (SSSR count). The number of rotatable bonds is 7. The number of hydrogen-bond donors (Lipinski definition) is 2. The van der Waals surface area contributed by atoms with Gasteiger partial charge in [-0.05, 0) is 45.7 Å². The fourth-order valence-corrected chi connectivity index (χ4v) is 1.38. The van der Waals surface area contributed by atoms with Gasteiger partial charge in [-0.15, -0.1) is 0 Å². The third-order valence-electron chi connectivity index (χ3n) is 2.68. The first-order valence-corrected chi connectivity index (χ1v) is 5.22. The van der Waals surface area contributed by atoms with Gasteiger partial charge in [0.2, 0.25) is 0 Å². The van der Waals surface area contributed by atoms with Crippen LogP contribution in [0.1, 0.15) is 45.4 Å². The lowest BCUT2D eigenvalue weighted by molar-refractivity contribution is 0.508. The minimum atomic E-state index is 0.522. The lowest BCUT2D eigenvalue weighted by atomic mass is 10.2. The van der Waals surface area contributed by atoms with Crippen LogP contribution in [0.4, 0.5) is 0 Å². The predicted molar refractivity (Wildman–Crippen MR) is 53.2 cm³/mol. The Labute approximate surface area is 75.9 Å². The van der Waals surface area contributed by atoms with Crippen LogP contribution in [0.5, 0.6) is 0 Å². The number of nitrogens with one attached hydrogen (secondary N) is 1. The largest absolute Gasteiger partial charge is 0.330 e. The van der Waals surface area contributed by atoms with Crippen molar-refractivity contribution in [3.63, 3.8) is 0 Å². The third kappa shape index (κ3) is 4.07. The van der Waals surface area contributed by atoms with Crippen molar-refractivity contribution in [3.8, 4) is 0 Å². The second-order valence-electron chi connectivity index (χ2n) is 4.19. The fourth-order valence-electron chi connectivity index (χ4n) is 1.38. The average molecular weight is 170 g/mol. The molecule has 3 N–H and O–H groups in total. The Kier molecular flexibility index (Phi) is 4.02. The van der Waals surface area contributed by atoms with Crippen LogP contribution in [0.25, 0.3) is 0 Å². The quantitative estimate of drug-likeness (QED) is 0.570. The van der Waals surface area contributed by atoms with Gasteiger partial charge in [0, 0.05) is 5.54 Å². The molecule has 1 aliphatic rings. The summed E-state index contributed by atoms with van der Waals surface area (Å²) < 4.78 is 0. The van der Waals surface area contributed by atoms with Gasteiger partial charge < -0.3 is 11.1 Å². The van der Waals surface area contributed by atoms with Crippen LogP contribution in [0.15, 0.2) is 0 Å². The highest BCUT2D eigenvalue weighted by Gasteiger charge is 2.35. The van der Waals surface area contributed by atoms with E-state index in [-0.39, 0.29) is 0 Å². The molecule has 0 aromatic heterocycles. The lowest BCUT2D eigenvalue weighted by Gasteiger charge is -2.10. The summed E-state index contributed by atoms with van der Waals surface area (Å²) in [6, 6.07) is 0. The maximum atomic E-state index is 5.41. The van der Waals surface area contributed by atoms with Crippen molar-refractivity contribution in [1.82, 2.24) is 5.32 Å². The molecule has 0 spiro atoms. The molecule has 2 heteroatoms. The van der Waals surface area contributed by atoms with Gasteiger partial charge in [0.25, 0.3) is 0 Å². The van der Waals surface area contributed by atoms with Crippen LogP contribution >= 0.6 is 0 Å². The molecule has 0 unspecified atom stereocenters. The van der Waals surface area contributed by atoms with Gasteiger partial charge in [0.1, 0.15) is 0 Å². The molecule has 0 aromatic carbocycles. The number of nitrogens with two attached hydrogens (primary N) is 1. The Hall–Kier alpha value is -0.0800. The molecule has 0 radical (unpaired) electrons. The third-order valence-corrected chi connectivity index (χ3v) is 2.68. The maximum absolute atomic E-state index is 5.41. The minimum Gasteiger partial charge on any atom is -0.330 e. The van der Waals surface area contributed by atoms with Crippen molar-refractivity contribution < 1.29 is 0 Å². The molecular weight excluding hydrogens is 148 g/mol. The van der Waals surface area contributed by atoms with E-state index in [9.17, 15) is 0 Å². The van der Waals surface area contributed by atoms with Crippen LogP contribution in [0.3, 0.4) is 0 Å². The molecule has 0 aliphatic heterocycles. The van der Waals surface area contributed by atoms with E-state index >= 15 is 0 Å². The molecule has 1 saturated carbocycles. The summed E-state index contributed by atoms with van der Waals surface area (Å²) in [5, 5.41) is 3.58. The standard InChI is InChI=1S/C10H22N2/c1-10(6-7-10)12-9-5-3-2-4-8-11/h12H,2-9,11H2,1H3. The lowest BCUT2D eigenvalue weighted by Crippen LogP contribution is -2.28. The second kappa shape index (κ2) is 4.83. The molecule has 0 amide bonds. The van der Waals surface area contributed by atoms with Crippen LogP contribution < -0.4 is 11.1 Å². The molecule has 2 nitrogen and oxygen atoms in total. The second-order valence-corrected chi connectivity index (χ2v) is 4.19. The zero-order valence-electron chi connectivity index (χ0n) is 8.23. The van der Waals surface area contributed by atoms with Crippen LogP contribution in [0.2, 0.25) is 0 Å². The monoisotopic (exact) mass is 170 g/mol. The summed E-state index contributed by atoms with van der Waals surface area (Å²) in [6.07, 6.45) is 7.88. The van der Waals surface area contributed by atoms with Gasteiger partial charge in [0.05, 0.1) is 0 Å². The highest BCUT2D eigenvalue weighted by molar-refractivity contribution is 4.97. The Bertz CT molecular complexity index is 119. The van der Waals surface area contributed by atoms with E-state index in [1.54, 1.807) is 0 Å². The topological polar surface area (TPSA) is 38.0 Å². The molecule has 72 valence electrons. The maximum Gasteiger partial charge on any atom is 0.0154 e. The molecule has 1 fully saturated rings. The number of hydrogen-bond acceptors (Lipinski definition) is 2. The summed E-state index contributed by atoms with van der Waals surface area (Å²) in [6.45, 7) is 4.36. The minimum absolute atomic E-state index is 0.522. The van der Waals surface area contributed by atoms with E-state index in [4.69, 9.17) is 5.73 Å². The van der Waals surface area contributed by atoms with Crippen LogP contribution in [0, 0.1) is 0 Å². The molecular formula is C10H22N2. The normalized spacial score (nSPS) is 19.5. The predicted octanol–water partition coefficient (Wildman–Crippen LogP) is 1.65. The van der Waals surface area contributed by atoms with E-state index in [0.29, 0.717) is 5.54 Å². The van der Waals surface area contributed by atoms with E-state index in [1.165, 1.54) is 45.1 Å². The zero-order chi connectivity index (χ0) is 8.86. The highest BCUT2D eigenvalue weighted by atomic mass is 15.0. The van der Waals surface area contributed by atoms with Crippen molar-refractivity contribution in [2.75, 3.05) is 13.1 Å². The summed E-state index contributed by atoms with van der Waals surface area (Å²) >= 11 is 0. The Morgan fingerprint density at radius 3 is 2.42 bits per heavy atom. The molecule has 1 aliphatic carbocycles. The first-order chi connectivity index (χ1) is 5.77. The summed E-state index contributed by atoms with van der Waals surface area (Å²) in [5.74, 6) is 0. The summed E-state index contributed by atoms with van der Waals surface area (Å²) in [5.41, 5.74) is 5.93. The molecule has 12 heavy (non-hydrogen) atoms. The first kappa shape index (κ1) is 10.0. The van der Waals surface area contributed by atoms with Gasteiger partial charge in [-0.3, -0.25) is 0 Å². The van der Waals surface area contributed by atoms with Gasteiger partial charge >= 0.3 is 0 Å². The van der Waals surface area contributed by atoms with Crippen molar-refractivity contribution in [2.24, 2.45) is 5.73 Å². The molecule has 0 atom stereocenters. The first-order valence-electron chi connectivity index (χ1n) is 5.22. The smallest absolute Gasteiger partial charge is 0.0154 e. The highest BCUT2D eigenvalue weighted by Crippen LogP contribution is 2.34. The summed E-state index contributed by atoms with van der Waals surface area (Å²) in [7, 11) is 0. The summed E-state index contributed by atoms with van der Waals surface area (Å²) in [4.78, 5) is 0. The van der Waals surface area contributed by atoms with E-state index in [0.717, 1.165) is 6.54 Å². The van der Waals surface area contributed by atoms with Crippen molar-refractivity contribution in [3.05, 3.63) is 0 Å². The van der Waals surface area contributed by atoms with E-state index < -0.39 is 0 Å². The van der Waals surface area contributed by atoms with Crippen LogP contribution in [-0.2, 0) is 0 Å². The van der Waals surface area contributed by atoms with Gasteiger partial charge in [-0.1, -0.05) is 12.8 Å². The molecule has 0 aromatic rings.